The molecule has 0 radical (unpaired) electrons. The third-order valence-corrected chi connectivity index (χ3v) is 4.97. The Morgan fingerprint density at radius 3 is 2.47 bits per heavy atom. The van der Waals surface area contributed by atoms with E-state index >= 15 is 0 Å². The van der Waals surface area contributed by atoms with Crippen LogP contribution in [0, 0.1) is 0 Å². The molecule has 1 aliphatic heterocycles. The zero-order chi connectivity index (χ0) is 23.0. The van der Waals surface area contributed by atoms with Crippen LogP contribution in [0.1, 0.15) is 11.8 Å². The number of aliphatic hydroxyl groups is 2. The minimum Gasteiger partial charge on any atom is -0.387 e. The number of ether oxygens (including phenoxy) is 1. The third-order valence-electron chi connectivity index (χ3n) is 4.20. The Balaban J connectivity index is 2.29. The number of hydrogen-bond donors (Lipinski definition) is 3. The molecule has 1 saturated heterocycles. The Kier molecular flexibility index (Phi) is 6.99. The van der Waals surface area contributed by atoms with Crippen molar-refractivity contribution in [3.63, 3.8) is 0 Å². The van der Waals surface area contributed by atoms with Crippen LogP contribution in [0.25, 0.3) is 0 Å². The number of rotatable bonds is 6. The van der Waals surface area contributed by atoms with Gasteiger partial charge in [-0.1, -0.05) is 0 Å². The highest BCUT2D eigenvalue weighted by atomic mass is 31.2. The van der Waals surface area contributed by atoms with Gasteiger partial charge in [0.05, 0.1) is 18.7 Å². The number of carbonyl (C=O) groups is 1. The molecule has 11 nitrogen and oxygen atoms in total. The van der Waals surface area contributed by atoms with Gasteiger partial charge in [-0.3, -0.25) is 23.7 Å². The number of nitrogens with zero attached hydrogens (tertiary/aromatic N) is 2. The lowest BCUT2D eigenvalue weighted by atomic mass is 10.1. The van der Waals surface area contributed by atoms with Gasteiger partial charge in [0.25, 0.3) is 5.56 Å². The number of alkyl halides is 3. The van der Waals surface area contributed by atoms with Crippen molar-refractivity contribution in [1.29, 1.82) is 0 Å². The summed E-state index contributed by atoms with van der Waals surface area (Å²) >= 11 is 0. The quantitative estimate of drug-likeness (QED) is 0.470. The third kappa shape index (κ3) is 5.58. The van der Waals surface area contributed by atoms with Crippen molar-refractivity contribution in [3.8, 4) is 0 Å². The first-order valence-electron chi connectivity index (χ1n) is 8.49. The number of aromatic nitrogens is 2. The number of H-pyrrole nitrogens is 1. The maximum absolute atomic E-state index is 12.5. The van der Waals surface area contributed by atoms with Crippen molar-refractivity contribution in [3.05, 3.63) is 32.6 Å². The topological polar surface area (TPSA) is 151 Å². The molecule has 2 rings (SSSR count). The first-order chi connectivity index (χ1) is 13.6. The van der Waals surface area contributed by atoms with E-state index in [1.165, 1.54) is 13.3 Å². The molecular weight excluding hydrogens is 438 g/mol. The van der Waals surface area contributed by atoms with E-state index in [9.17, 15) is 42.3 Å². The van der Waals surface area contributed by atoms with Crippen LogP contribution in [0.3, 0.4) is 0 Å². The van der Waals surface area contributed by atoms with Gasteiger partial charge in [0, 0.05) is 26.6 Å². The molecule has 0 aliphatic carbocycles. The molecule has 170 valence electrons. The highest BCUT2D eigenvalue weighted by Crippen LogP contribution is 2.39. The summed E-state index contributed by atoms with van der Waals surface area (Å²) in [5.74, 6) is -2.20. The number of aromatic amines is 1. The SMILES string of the molecule is CN(Cc1cn([C@@H]2O[C@H](COP(C)(C)=O)C(O)C2O)c(=O)[nH]c1=O)C(=O)C(F)(F)F. The smallest absolute Gasteiger partial charge is 0.387 e. The van der Waals surface area contributed by atoms with Gasteiger partial charge in [-0.25, -0.2) is 4.79 Å². The van der Waals surface area contributed by atoms with Gasteiger partial charge in [-0.15, -0.1) is 0 Å². The van der Waals surface area contributed by atoms with Crippen molar-refractivity contribution >= 4 is 13.3 Å². The molecule has 1 fully saturated rings. The molecule has 3 N–H and O–H groups in total. The molecule has 2 unspecified atom stereocenters. The van der Waals surface area contributed by atoms with Crippen molar-refractivity contribution < 1.29 is 42.0 Å². The van der Waals surface area contributed by atoms with Crippen LogP contribution in [0.15, 0.2) is 15.8 Å². The molecule has 0 saturated carbocycles. The summed E-state index contributed by atoms with van der Waals surface area (Å²) in [6, 6.07) is 0. The number of nitrogens with one attached hydrogen (secondary N) is 1. The summed E-state index contributed by atoms with van der Waals surface area (Å²) in [5.41, 5.74) is -2.50. The highest BCUT2D eigenvalue weighted by Gasteiger charge is 2.45. The fraction of sp³-hybridized carbons (Fsp3) is 0.667. The van der Waals surface area contributed by atoms with Gasteiger partial charge in [0.2, 0.25) is 0 Å². The van der Waals surface area contributed by atoms with Crippen LogP contribution >= 0.6 is 7.37 Å². The van der Waals surface area contributed by atoms with E-state index in [0.717, 1.165) is 13.2 Å². The van der Waals surface area contributed by atoms with Crippen molar-refractivity contribution in [1.82, 2.24) is 14.5 Å². The zero-order valence-corrected chi connectivity index (χ0v) is 17.0. The van der Waals surface area contributed by atoms with Crippen LogP contribution in [0.5, 0.6) is 0 Å². The van der Waals surface area contributed by atoms with E-state index in [-0.39, 0.29) is 11.5 Å². The van der Waals surface area contributed by atoms with Crippen LogP contribution in [0.4, 0.5) is 13.2 Å². The lowest BCUT2D eigenvalue weighted by molar-refractivity contribution is -0.184. The second kappa shape index (κ2) is 8.63. The van der Waals surface area contributed by atoms with Crippen molar-refractivity contribution in [2.24, 2.45) is 0 Å². The summed E-state index contributed by atoms with van der Waals surface area (Å²) in [5, 5.41) is 20.3. The Morgan fingerprint density at radius 1 is 1.33 bits per heavy atom. The molecule has 1 amide bonds. The molecule has 15 heteroatoms. The van der Waals surface area contributed by atoms with Crippen LogP contribution in [-0.4, -0.2) is 82.0 Å². The summed E-state index contributed by atoms with van der Waals surface area (Å²) in [7, 11) is -2.12. The van der Waals surface area contributed by atoms with E-state index < -0.39 is 67.3 Å². The lowest BCUT2D eigenvalue weighted by Gasteiger charge is -2.21. The maximum Gasteiger partial charge on any atom is 0.471 e. The predicted octanol–water partition coefficient (Wildman–Crippen LogP) is -0.769. The highest BCUT2D eigenvalue weighted by molar-refractivity contribution is 7.57. The van der Waals surface area contributed by atoms with E-state index in [0.29, 0.717) is 4.57 Å². The second-order valence-electron chi connectivity index (χ2n) is 7.07. The zero-order valence-electron chi connectivity index (χ0n) is 16.1. The Hall–Kier alpha value is -1.99. The minimum atomic E-state index is -5.16. The summed E-state index contributed by atoms with van der Waals surface area (Å²) in [6.45, 7) is 1.48. The average molecular weight is 459 g/mol. The van der Waals surface area contributed by atoms with E-state index in [4.69, 9.17) is 9.26 Å². The fourth-order valence-electron chi connectivity index (χ4n) is 2.72. The molecule has 30 heavy (non-hydrogen) atoms. The average Bonchev–Trinajstić information content (AvgIpc) is 2.88. The van der Waals surface area contributed by atoms with Gasteiger partial charge in [0.15, 0.2) is 13.6 Å². The first kappa shape index (κ1) is 24.3. The summed E-state index contributed by atoms with van der Waals surface area (Å²) in [4.78, 5) is 37.4. The molecule has 0 bridgehead atoms. The molecule has 1 aliphatic rings. The fourth-order valence-corrected chi connectivity index (χ4v) is 3.23. The largest absolute Gasteiger partial charge is 0.471 e. The Bertz CT molecular complexity index is 956. The van der Waals surface area contributed by atoms with Gasteiger partial charge in [-0.2, -0.15) is 13.2 Å². The van der Waals surface area contributed by atoms with E-state index in [2.05, 4.69) is 0 Å². The van der Waals surface area contributed by atoms with Gasteiger partial charge in [-0.05, 0) is 0 Å². The number of halogens is 3. The normalized spacial score (nSPS) is 24.8. The van der Waals surface area contributed by atoms with Gasteiger partial charge in [0.1, 0.15) is 18.3 Å². The lowest BCUT2D eigenvalue weighted by Crippen LogP contribution is -2.42. The van der Waals surface area contributed by atoms with Crippen molar-refractivity contribution in [2.75, 3.05) is 27.0 Å². The summed E-state index contributed by atoms with van der Waals surface area (Å²) < 4.78 is 60.4. The van der Waals surface area contributed by atoms with Gasteiger partial charge < -0.3 is 24.4 Å². The number of amides is 1. The summed E-state index contributed by atoms with van der Waals surface area (Å²) in [6.07, 6.45) is -10.2. The molecular formula is C15H21F3N3O8P. The van der Waals surface area contributed by atoms with Crippen LogP contribution in [0.2, 0.25) is 0 Å². The molecule has 4 atom stereocenters. The van der Waals surface area contributed by atoms with Gasteiger partial charge >= 0.3 is 17.8 Å². The molecule has 0 spiro atoms. The van der Waals surface area contributed by atoms with Crippen LogP contribution < -0.4 is 11.2 Å². The minimum absolute atomic E-state index is 0.233. The van der Waals surface area contributed by atoms with E-state index in [1.54, 1.807) is 0 Å². The standard InChI is InChI=1S/C15H21F3N3O8P/c1-20(13(25)15(16,17)18)4-7-5-21(14(26)19-11(7)24)12-10(23)9(22)8(29-12)6-28-30(2,3)27/h5,8-10,12,22-23H,4,6H2,1-3H3,(H,19,24,26)/t8-,9?,10?,12-/m1/s1. The van der Waals surface area contributed by atoms with E-state index in [1.807, 2.05) is 4.98 Å². The van der Waals surface area contributed by atoms with Crippen molar-refractivity contribution in [2.45, 2.75) is 37.3 Å². The first-order valence-corrected chi connectivity index (χ1v) is 11.0. The maximum atomic E-state index is 12.5. The monoisotopic (exact) mass is 459 g/mol. The van der Waals surface area contributed by atoms with Crippen LogP contribution in [-0.2, 0) is 25.2 Å². The number of carbonyl (C=O) groups excluding carboxylic acids is 1. The Morgan fingerprint density at radius 2 is 1.93 bits per heavy atom. The predicted molar refractivity (Wildman–Crippen MR) is 95.2 cm³/mol. The molecule has 1 aromatic heterocycles. The number of hydrogen-bond acceptors (Lipinski definition) is 8. The Labute approximate surface area is 167 Å². The molecule has 0 aromatic carbocycles. The second-order valence-corrected chi connectivity index (χ2v) is 9.84. The number of aliphatic hydroxyl groups excluding tert-OH is 2. The molecule has 1 aromatic rings. The molecule has 2 heterocycles.